The Morgan fingerprint density at radius 2 is 1.92 bits per heavy atom. The molecule has 3 rings (SSSR count). The maximum atomic E-state index is 12.7. The lowest BCUT2D eigenvalue weighted by atomic mass is 9.99. The third-order valence-electron chi connectivity index (χ3n) is 4.79. The highest BCUT2D eigenvalue weighted by atomic mass is 16.2. The summed E-state index contributed by atoms with van der Waals surface area (Å²) in [5.74, 6) is 0.343. The van der Waals surface area contributed by atoms with Gasteiger partial charge < -0.3 is 9.80 Å². The van der Waals surface area contributed by atoms with Crippen LogP contribution >= 0.6 is 0 Å². The van der Waals surface area contributed by atoms with Gasteiger partial charge in [0, 0.05) is 39.1 Å². The number of carbonyl (C=O) groups is 2. The van der Waals surface area contributed by atoms with Crippen LogP contribution in [-0.4, -0.2) is 46.7 Å². The molecule has 2 amide bonds. The molecule has 1 aliphatic heterocycles. The molecule has 5 heteroatoms. The van der Waals surface area contributed by atoms with Crippen LogP contribution in [0.15, 0.2) is 48.8 Å². The molecule has 0 aliphatic carbocycles. The summed E-state index contributed by atoms with van der Waals surface area (Å²) in [6, 6.07) is 11.5. The Labute approximate surface area is 154 Å². The summed E-state index contributed by atoms with van der Waals surface area (Å²) in [7, 11) is 1.76. The van der Waals surface area contributed by atoms with E-state index >= 15 is 0 Å². The van der Waals surface area contributed by atoms with Crippen LogP contribution in [0.1, 0.15) is 46.0 Å². The van der Waals surface area contributed by atoms with Crippen molar-refractivity contribution in [3.8, 4) is 0 Å². The molecule has 1 aromatic heterocycles. The molecule has 26 heavy (non-hydrogen) atoms. The van der Waals surface area contributed by atoms with Gasteiger partial charge in [-0.15, -0.1) is 0 Å². The minimum atomic E-state index is -0.136. The standard InChI is InChI=1S/C21H25N3O2/c1-16-7-6-10-24(14-16)21(26)19-11-18(12-22-13-19)20(25)23(2)15-17-8-4-3-5-9-17/h3-5,8-9,11-13,16H,6-7,10,14-15H2,1-2H3. The molecule has 1 saturated heterocycles. The second-order valence-electron chi connectivity index (χ2n) is 7.11. The van der Waals surface area contributed by atoms with Crippen molar-refractivity contribution in [3.63, 3.8) is 0 Å². The Bertz CT molecular complexity index is 776. The van der Waals surface area contributed by atoms with Gasteiger partial charge in [0.25, 0.3) is 11.8 Å². The molecule has 0 saturated carbocycles. The fraction of sp³-hybridized carbons (Fsp3) is 0.381. The number of amides is 2. The number of benzene rings is 1. The van der Waals surface area contributed by atoms with Crippen molar-refractivity contribution >= 4 is 11.8 Å². The van der Waals surface area contributed by atoms with Crippen LogP contribution in [0.3, 0.4) is 0 Å². The average Bonchev–Trinajstić information content (AvgIpc) is 2.67. The van der Waals surface area contributed by atoms with Crippen LogP contribution in [0.2, 0.25) is 0 Å². The fourth-order valence-corrected chi connectivity index (χ4v) is 3.38. The first-order valence-corrected chi connectivity index (χ1v) is 9.08. The van der Waals surface area contributed by atoms with E-state index in [0.29, 0.717) is 23.6 Å². The first kappa shape index (κ1) is 18.1. The van der Waals surface area contributed by atoms with Crippen molar-refractivity contribution in [3.05, 3.63) is 65.5 Å². The van der Waals surface area contributed by atoms with Gasteiger partial charge in [-0.3, -0.25) is 14.6 Å². The van der Waals surface area contributed by atoms with Gasteiger partial charge >= 0.3 is 0 Å². The lowest BCUT2D eigenvalue weighted by molar-refractivity contribution is 0.0682. The van der Waals surface area contributed by atoms with Crippen molar-refractivity contribution in [1.29, 1.82) is 0 Å². The van der Waals surface area contributed by atoms with E-state index < -0.39 is 0 Å². The highest BCUT2D eigenvalue weighted by Crippen LogP contribution is 2.18. The van der Waals surface area contributed by atoms with Crippen LogP contribution < -0.4 is 0 Å². The summed E-state index contributed by atoms with van der Waals surface area (Å²) < 4.78 is 0. The summed E-state index contributed by atoms with van der Waals surface area (Å²) in [4.78, 5) is 33.1. The van der Waals surface area contributed by atoms with Gasteiger partial charge in [0.15, 0.2) is 0 Å². The molecular weight excluding hydrogens is 326 g/mol. The molecule has 1 fully saturated rings. The van der Waals surface area contributed by atoms with Crippen molar-refractivity contribution < 1.29 is 9.59 Å². The molecule has 2 heterocycles. The van der Waals surface area contributed by atoms with Crippen LogP contribution in [0, 0.1) is 5.92 Å². The number of hydrogen-bond donors (Lipinski definition) is 0. The lowest BCUT2D eigenvalue weighted by Gasteiger charge is -2.31. The molecular formula is C21H25N3O2. The molecule has 0 radical (unpaired) electrons. The Morgan fingerprint density at radius 1 is 1.19 bits per heavy atom. The number of nitrogens with zero attached hydrogens (tertiary/aromatic N) is 3. The number of carbonyl (C=O) groups excluding carboxylic acids is 2. The molecule has 2 aromatic rings. The Hall–Kier alpha value is -2.69. The maximum absolute atomic E-state index is 12.7. The molecule has 1 aliphatic rings. The van der Waals surface area contributed by atoms with Gasteiger partial charge in [0.2, 0.25) is 0 Å². The van der Waals surface area contributed by atoms with E-state index in [1.807, 2.05) is 35.2 Å². The summed E-state index contributed by atoms with van der Waals surface area (Å²) in [6.45, 7) is 4.22. The van der Waals surface area contributed by atoms with Crippen LogP contribution in [0.25, 0.3) is 0 Å². The van der Waals surface area contributed by atoms with E-state index in [-0.39, 0.29) is 11.8 Å². The van der Waals surface area contributed by atoms with Gasteiger partial charge in [-0.2, -0.15) is 0 Å². The van der Waals surface area contributed by atoms with Crippen LogP contribution in [0.5, 0.6) is 0 Å². The molecule has 136 valence electrons. The van der Waals surface area contributed by atoms with Gasteiger partial charge in [0.1, 0.15) is 0 Å². The first-order chi connectivity index (χ1) is 12.5. The Kier molecular flexibility index (Phi) is 5.66. The number of aromatic nitrogens is 1. The zero-order valence-electron chi connectivity index (χ0n) is 15.4. The fourth-order valence-electron chi connectivity index (χ4n) is 3.38. The largest absolute Gasteiger partial charge is 0.338 e. The molecule has 1 atom stereocenters. The molecule has 5 nitrogen and oxygen atoms in total. The smallest absolute Gasteiger partial charge is 0.255 e. The van der Waals surface area contributed by atoms with E-state index in [1.54, 1.807) is 24.2 Å². The van der Waals surface area contributed by atoms with Gasteiger partial charge in [-0.25, -0.2) is 0 Å². The third-order valence-corrected chi connectivity index (χ3v) is 4.79. The van der Waals surface area contributed by atoms with Crippen molar-refractivity contribution in [2.24, 2.45) is 5.92 Å². The van der Waals surface area contributed by atoms with Crippen LogP contribution in [0.4, 0.5) is 0 Å². The van der Waals surface area contributed by atoms with E-state index in [2.05, 4.69) is 11.9 Å². The van der Waals surface area contributed by atoms with E-state index in [0.717, 1.165) is 31.5 Å². The predicted molar refractivity (Wildman–Crippen MR) is 101 cm³/mol. The zero-order valence-corrected chi connectivity index (χ0v) is 15.4. The van der Waals surface area contributed by atoms with Gasteiger partial charge in [-0.1, -0.05) is 37.3 Å². The summed E-state index contributed by atoms with van der Waals surface area (Å²) in [5.41, 5.74) is 1.99. The minimum absolute atomic E-state index is 0.0376. The summed E-state index contributed by atoms with van der Waals surface area (Å²) in [6.07, 6.45) is 5.26. The second-order valence-corrected chi connectivity index (χ2v) is 7.11. The quantitative estimate of drug-likeness (QED) is 0.850. The summed E-state index contributed by atoms with van der Waals surface area (Å²) >= 11 is 0. The number of piperidine rings is 1. The number of hydrogen-bond acceptors (Lipinski definition) is 3. The number of rotatable bonds is 4. The minimum Gasteiger partial charge on any atom is -0.338 e. The van der Waals surface area contributed by atoms with E-state index in [9.17, 15) is 9.59 Å². The molecule has 0 bridgehead atoms. The zero-order chi connectivity index (χ0) is 18.5. The molecule has 1 unspecified atom stereocenters. The SMILES string of the molecule is CC1CCCN(C(=O)c2cncc(C(=O)N(C)Cc3ccccc3)c2)C1. The molecule has 0 N–H and O–H groups in total. The van der Waals surface area contributed by atoms with Crippen molar-refractivity contribution in [1.82, 2.24) is 14.8 Å². The Balaban J connectivity index is 1.71. The van der Waals surface area contributed by atoms with E-state index in [1.165, 1.54) is 6.20 Å². The van der Waals surface area contributed by atoms with Crippen molar-refractivity contribution in [2.75, 3.05) is 20.1 Å². The number of pyridine rings is 1. The third kappa shape index (κ3) is 4.28. The van der Waals surface area contributed by atoms with Gasteiger partial charge in [-0.05, 0) is 30.4 Å². The Morgan fingerprint density at radius 3 is 2.65 bits per heavy atom. The van der Waals surface area contributed by atoms with E-state index in [4.69, 9.17) is 0 Å². The normalized spacial score (nSPS) is 17.0. The molecule has 0 spiro atoms. The topological polar surface area (TPSA) is 53.5 Å². The maximum Gasteiger partial charge on any atom is 0.255 e. The lowest BCUT2D eigenvalue weighted by Crippen LogP contribution is -2.39. The monoisotopic (exact) mass is 351 g/mol. The predicted octanol–water partition coefficient (Wildman–Crippen LogP) is 3.23. The van der Waals surface area contributed by atoms with Crippen molar-refractivity contribution in [2.45, 2.75) is 26.3 Å². The highest BCUT2D eigenvalue weighted by molar-refractivity contribution is 5.99. The average molecular weight is 351 g/mol. The molecule has 1 aromatic carbocycles. The highest BCUT2D eigenvalue weighted by Gasteiger charge is 2.23. The number of likely N-dealkylation sites (tertiary alicyclic amines) is 1. The second kappa shape index (κ2) is 8.13. The first-order valence-electron chi connectivity index (χ1n) is 9.08. The van der Waals surface area contributed by atoms with Gasteiger partial charge in [0.05, 0.1) is 11.1 Å². The summed E-state index contributed by atoms with van der Waals surface area (Å²) in [5, 5.41) is 0. The van der Waals surface area contributed by atoms with Crippen LogP contribution in [-0.2, 0) is 6.54 Å².